The van der Waals surface area contributed by atoms with Gasteiger partial charge in [-0.1, -0.05) is 6.07 Å². The van der Waals surface area contributed by atoms with Crippen LogP contribution < -0.4 is 15.4 Å². The Bertz CT molecular complexity index is 437. The SMILES string of the molecule is COc1cc(C2NC(C)CNC2=O)ccc1F. The first-order chi connectivity index (χ1) is 8.11. The Hall–Kier alpha value is -1.62. The molecule has 1 aromatic rings. The molecule has 0 spiro atoms. The van der Waals surface area contributed by atoms with Gasteiger partial charge in [0.05, 0.1) is 7.11 Å². The van der Waals surface area contributed by atoms with Crippen LogP contribution in [0.2, 0.25) is 0 Å². The molecule has 1 fully saturated rings. The highest BCUT2D eigenvalue weighted by molar-refractivity contribution is 5.84. The lowest BCUT2D eigenvalue weighted by atomic mass is 10.0. The van der Waals surface area contributed by atoms with Crippen LogP contribution >= 0.6 is 0 Å². The van der Waals surface area contributed by atoms with Crippen LogP contribution in [0, 0.1) is 5.82 Å². The second-order valence-corrected chi connectivity index (χ2v) is 4.14. The summed E-state index contributed by atoms with van der Waals surface area (Å²) in [6.45, 7) is 2.58. The van der Waals surface area contributed by atoms with Crippen LogP contribution in [0.15, 0.2) is 18.2 Å². The van der Waals surface area contributed by atoms with Gasteiger partial charge in [-0.3, -0.25) is 10.1 Å². The van der Waals surface area contributed by atoms with E-state index in [4.69, 9.17) is 4.74 Å². The lowest BCUT2D eigenvalue weighted by Gasteiger charge is -2.29. The van der Waals surface area contributed by atoms with Crippen LogP contribution in [-0.2, 0) is 4.79 Å². The third-order valence-corrected chi connectivity index (χ3v) is 2.80. The number of nitrogens with one attached hydrogen (secondary N) is 2. The van der Waals surface area contributed by atoms with Crippen molar-refractivity contribution >= 4 is 5.91 Å². The number of carbonyl (C=O) groups is 1. The summed E-state index contributed by atoms with van der Waals surface area (Å²) >= 11 is 0. The zero-order valence-corrected chi connectivity index (χ0v) is 9.79. The van der Waals surface area contributed by atoms with Crippen molar-refractivity contribution in [3.63, 3.8) is 0 Å². The van der Waals surface area contributed by atoms with Crippen molar-refractivity contribution in [2.24, 2.45) is 0 Å². The first-order valence-electron chi connectivity index (χ1n) is 5.49. The zero-order valence-electron chi connectivity index (χ0n) is 9.79. The first kappa shape index (κ1) is 11.9. The predicted molar refractivity (Wildman–Crippen MR) is 61.3 cm³/mol. The molecule has 2 atom stereocenters. The molecule has 2 rings (SSSR count). The fraction of sp³-hybridized carbons (Fsp3) is 0.417. The molecule has 0 aromatic heterocycles. The molecular weight excluding hydrogens is 223 g/mol. The van der Waals surface area contributed by atoms with Gasteiger partial charge < -0.3 is 10.1 Å². The normalized spacial score (nSPS) is 24.3. The number of ether oxygens (including phenoxy) is 1. The summed E-state index contributed by atoms with van der Waals surface area (Å²) in [6, 6.07) is 4.18. The van der Waals surface area contributed by atoms with Crippen molar-refractivity contribution in [3.8, 4) is 5.75 Å². The molecule has 0 radical (unpaired) electrons. The standard InChI is InChI=1S/C12H15FN2O2/c1-7-6-14-12(16)11(15-7)8-3-4-9(13)10(5-8)17-2/h3-5,7,11,15H,6H2,1-2H3,(H,14,16). The summed E-state index contributed by atoms with van der Waals surface area (Å²) in [5.74, 6) is -0.382. The maximum absolute atomic E-state index is 13.3. The molecule has 2 N–H and O–H groups in total. The highest BCUT2D eigenvalue weighted by Gasteiger charge is 2.27. The summed E-state index contributed by atoms with van der Waals surface area (Å²) in [5.41, 5.74) is 0.701. The minimum Gasteiger partial charge on any atom is -0.494 e. The number of rotatable bonds is 2. The average molecular weight is 238 g/mol. The molecule has 1 amide bonds. The molecule has 17 heavy (non-hydrogen) atoms. The predicted octanol–water partition coefficient (Wildman–Crippen LogP) is 0.983. The van der Waals surface area contributed by atoms with Crippen molar-refractivity contribution < 1.29 is 13.9 Å². The topological polar surface area (TPSA) is 50.4 Å². The fourth-order valence-electron chi connectivity index (χ4n) is 1.88. The number of benzene rings is 1. The Labute approximate surface area is 99.2 Å². The van der Waals surface area contributed by atoms with Crippen LogP contribution in [-0.4, -0.2) is 25.6 Å². The maximum atomic E-state index is 13.3. The molecule has 1 aliphatic rings. The molecule has 0 aliphatic carbocycles. The number of amides is 1. The van der Waals surface area contributed by atoms with Crippen molar-refractivity contribution in [1.82, 2.24) is 10.6 Å². The molecule has 0 bridgehead atoms. The highest BCUT2D eigenvalue weighted by atomic mass is 19.1. The van der Waals surface area contributed by atoms with Crippen molar-refractivity contribution in [2.45, 2.75) is 19.0 Å². The van der Waals surface area contributed by atoms with Crippen LogP contribution in [0.25, 0.3) is 0 Å². The van der Waals surface area contributed by atoms with Crippen LogP contribution in [0.4, 0.5) is 4.39 Å². The third-order valence-electron chi connectivity index (χ3n) is 2.80. The van der Waals surface area contributed by atoms with E-state index in [2.05, 4.69) is 10.6 Å². The van der Waals surface area contributed by atoms with E-state index in [0.29, 0.717) is 12.1 Å². The molecule has 1 aliphatic heterocycles. The minimum atomic E-state index is -0.451. The van der Waals surface area contributed by atoms with Gasteiger partial charge >= 0.3 is 0 Å². The molecule has 1 aromatic carbocycles. The van der Waals surface area contributed by atoms with Crippen LogP contribution in [0.3, 0.4) is 0 Å². The molecule has 0 saturated carbocycles. The summed E-state index contributed by atoms with van der Waals surface area (Å²) in [6.07, 6.45) is 0. The van der Waals surface area contributed by atoms with Gasteiger partial charge in [0.15, 0.2) is 11.6 Å². The Morgan fingerprint density at radius 3 is 2.94 bits per heavy atom. The summed E-state index contributed by atoms with van der Waals surface area (Å²) in [5, 5.41) is 5.96. The summed E-state index contributed by atoms with van der Waals surface area (Å²) < 4.78 is 18.2. The van der Waals surface area contributed by atoms with Crippen molar-refractivity contribution in [1.29, 1.82) is 0 Å². The lowest BCUT2D eigenvalue weighted by molar-refractivity contribution is -0.125. The van der Waals surface area contributed by atoms with Gasteiger partial charge in [-0.15, -0.1) is 0 Å². The average Bonchev–Trinajstić information content (AvgIpc) is 2.33. The van der Waals surface area contributed by atoms with Crippen LogP contribution in [0.1, 0.15) is 18.5 Å². The molecule has 1 heterocycles. The first-order valence-corrected chi connectivity index (χ1v) is 5.49. The van der Waals surface area contributed by atoms with E-state index in [0.717, 1.165) is 0 Å². The molecule has 5 heteroatoms. The number of carbonyl (C=O) groups excluding carboxylic acids is 1. The number of hydrogen-bond donors (Lipinski definition) is 2. The lowest BCUT2D eigenvalue weighted by Crippen LogP contribution is -2.52. The van der Waals surface area contributed by atoms with Gasteiger partial charge in [0.2, 0.25) is 5.91 Å². The van der Waals surface area contributed by atoms with Gasteiger partial charge in [0, 0.05) is 12.6 Å². The second-order valence-electron chi connectivity index (χ2n) is 4.14. The number of halogens is 1. The molecular formula is C12H15FN2O2. The molecule has 4 nitrogen and oxygen atoms in total. The second kappa shape index (κ2) is 4.71. The quantitative estimate of drug-likeness (QED) is 0.807. The maximum Gasteiger partial charge on any atom is 0.241 e. The zero-order chi connectivity index (χ0) is 12.4. The van der Waals surface area contributed by atoms with Gasteiger partial charge in [-0.25, -0.2) is 4.39 Å². The minimum absolute atomic E-state index is 0.100. The van der Waals surface area contributed by atoms with Crippen LogP contribution in [0.5, 0.6) is 5.75 Å². The van der Waals surface area contributed by atoms with E-state index >= 15 is 0 Å². The number of methoxy groups -OCH3 is 1. The molecule has 1 saturated heterocycles. The van der Waals surface area contributed by atoms with E-state index in [-0.39, 0.29) is 17.7 Å². The summed E-state index contributed by atoms with van der Waals surface area (Å²) in [7, 11) is 1.40. The van der Waals surface area contributed by atoms with E-state index in [1.165, 1.54) is 13.2 Å². The smallest absolute Gasteiger partial charge is 0.241 e. The van der Waals surface area contributed by atoms with Crippen molar-refractivity contribution in [3.05, 3.63) is 29.6 Å². The van der Waals surface area contributed by atoms with E-state index in [1.807, 2.05) is 6.92 Å². The van der Waals surface area contributed by atoms with E-state index < -0.39 is 11.9 Å². The largest absolute Gasteiger partial charge is 0.494 e. The van der Waals surface area contributed by atoms with Crippen molar-refractivity contribution in [2.75, 3.05) is 13.7 Å². The van der Waals surface area contributed by atoms with E-state index in [9.17, 15) is 9.18 Å². The van der Waals surface area contributed by atoms with Gasteiger partial charge in [0.25, 0.3) is 0 Å². The number of hydrogen-bond acceptors (Lipinski definition) is 3. The van der Waals surface area contributed by atoms with Gasteiger partial charge in [-0.05, 0) is 24.6 Å². The Kier molecular flexibility index (Phi) is 3.28. The molecule has 92 valence electrons. The van der Waals surface area contributed by atoms with Gasteiger partial charge in [0.1, 0.15) is 6.04 Å². The van der Waals surface area contributed by atoms with E-state index in [1.54, 1.807) is 12.1 Å². The molecule has 2 unspecified atom stereocenters. The monoisotopic (exact) mass is 238 g/mol. The number of piperazine rings is 1. The summed E-state index contributed by atoms with van der Waals surface area (Å²) in [4.78, 5) is 11.7. The third kappa shape index (κ3) is 2.39. The fourth-order valence-corrected chi connectivity index (χ4v) is 1.88. The van der Waals surface area contributed by atoms with Gasteiger partial charge in [-0.2, -0.15) is 0 Å². The Balaban J connectivity index is 2.29. The Morgan fingerprint density at radius 2 is 2.24 bits per heavy atom. The highest BCUT2D eigenvalue weighted by Crippen LogP contribution is 2.24. The Morgan fingerprint density at radius 1 is 1.47 bits per heavy atom.